The quantitative estimate of drug-likeness (QED) is 0.415. The summed E-state index contributed by atoms with van der Waals surface area (Å²) in [6, 6.07) is 15.3. The summed E-state index contributed by atoms with van der Waals surface area (Å²) < 4.78 is 11.2. The molecule has 0 amide bonds. The first-order valence-electron chi connectivity index (χ1n) is 8.59. The van der Waals surface area contributed by atoms with Crippen LogP contribution in [-0.4, -0.2) is 20.2 Å². The Bertz CT molecular complexity index is 1040. The number of rotatable bonds is 7. The van der Waals surface area contributed by atoms with Crippen LogP contribution in [0.25, 0.3) is 11.5 Å². The SMILES string of the molecule is Cc1ccc(-c2nc(CSc3n[nH]c(COc4ccc(Cl)cc4)n3)co2)cc1. The standard InChI is InChI=1S/C20H17ClN4O2S/c1-13-2-4-14(5-3-13)19-22-16(10-27-19)12-28-20-23-18(24-25-20)11-26-17-8-6-15(21)7-9-17/h2-10H,11-12H2,1H3,(H,23,24,25). The number of hydrogen-bond donors (Lipinski definition) is 1. The van der Waals surface area contributed by atoms with E-state index in [-0.39, 0.29) is 0 Å². The van der Waals surface area contributed by atoms with Crippen LogP contribution >= 0.6 is 23.4 Å². The van der Waals surface area contributed by atoms with Crippen LogP contribution in [0.3, 0.4) is 0 Å². The van der Waals surface area contributed by atoms with E-state index in [1.165, 1.54) is 17.3 Å². The monoisotopic (exact) mass is 412 g/mol. The van der Waals surface area contributed by atoms with Crippen molar-refractivity contribution in [2.24, 2.45) is 0 Å². The minimum atomic E-state index is 0.302. The maximum atomic E-state index is 5.86. The van der Waals surface area contributed by atoms with Crippen LogP contribution in [0.5, 0.6) is 5.75 Å². The van der Waals surface area contributed by atoms with E-state index in [0.717, 1.165) is 17.0 Å². The molecule has 0 fully saturated rings. The lowest BCUT2D eigenvalue weighted by Gasteiger charge is -2.03. The van der Waals surface area contributed by atoms with E-state index in [2.05, 4.69) is 20.2 Å². The molecule has 0 aliphatic carbocycles. The summed E-state index contributed by atoms with van der Waals surface area (Å²) in [4.78, 5) is 8.95. The first kappa shape index (κ1) is 18.6. The first-order valence-corrected chi connectivity index (χ1v) is 9.96. The lowest BCUT2D eigenvalue weighted by Crippen LogP contribution is -1.97. The van der Waals surface area contributed by atoms with E-state index < -0.39 is 0 Å². The van der Waals surface area contributed by atoms with Crippen molar-refractivity contribution in [2.75, 3.05) is 0 Å². The second kappa shape index (κ2) is 8.50. The van der Waals surface area contributed by atoms with Gasteiger partial charge in [-0.25, -0.2) is 9.97 Å². The van der Waals surface area contributed by atoms with Gasteiger partial charge in [0.15, 0.2) is 5.82 Å². The van der Waals surface area contributed by atoms with Gasteiger partial charge in [0, 0.05) is 16.3 Å². The van der Waals surface area contributed by atoms with E-state index in [9.17, 15) is 0 Å². The molecular weight excluding hydrogens is 396 g/mol. The molecule has 0 saturated carbocycles. The van der Waals surface area contributed by atoms with Gasteiger partial charge in [-0.05, 0) is 43.3 Å². The van der Waals surface area contributed by atoms with E-state index in [0.29, 0.717) is 34.3 Å². The lowest BCUT2D eigenvalue weighted by molar-refractivity contribution is 0.296. The van der Waals surface area contributed by atoms with Crippen molar-refractivity contribution >= 4 is 23.4 Å². The number of oxazole rings is 1. The molecule has 8 heteroatoms. The highest BCUT2D eigenvalue weighted by atomic mass is 35.5. The van der Waals surface area contributed by atoms with Gasteiger partial charge in [0.05, 0.1) is 5.69 Å². The van der Waals surface area contributed by atoms with Gasteiger partial charge in [-0.1, -0.05) is 41.1 Å². The number of benzene rings is 2. The Morgan fingerprint density at radius 3 is 2.64 bits per heavy atom. The van der Waals surface area contributed by atoms with Crippen LogP contribution in [0.15, 0.2) is 64.4 Å². The number of H-pyrrole nitrogens is 1. The second-order valence-electron chi connectivity index (χ2n) is 6.11. The van der Waals surface area contributed by atoms with E-state index in [1.54, 1.807) is 18.4 Å². The number of ether oxygens (including phenoxy) is 1. The van der Waals surface area contributed by atoms with Crippen LogP contribution in [0, 0.1) is 6.92 Å². The van der Waals surface area contributed by atoms with Gasteiger partial charge in [-0.3, -0.25) is 5.10 Å². The van der Waals surface area contributed by atoms with Crippen molar-refractivity contribution < 1.29 is 9.15 Å². The molecule has 4 aromatic rings. The Balaban J connectivity index is 1.31. The highest BCUT2D eigenvalue weighted by Gasteiger charge is 2.10. The molecule has 4 rings (SSSR count). The number of aromatic amines is 1. The van der Waals surface area contributed by atoms with Gasteiger partial charge in [0.25, 0.3) is 0 Å². The largest absolute Gasteiger partial charge is 0.486 e. The van der Waals surface area contributed by atoms with Crippen molar-refractivity contribution in [1.29, 1.82) is 0 Å². The molecule has 0 saturated heterocycles. The summed E-state index contributed by atoms with van der Waals surface area (Å²) in [5.74, 6) is 2.60. The molecule has 2 heterocycles. The van der Waals surface area contributed by atoms with Gasteiger partial charge in [0.2, 0.25) is 11.0 Å². The number of aromatic nitrogens is 4. The van der Waals surface area contributed by atoms with Crippen molar-refractivity contribution in [2.45, 2.75) is 24.4 Å². The molecule has 28 heavy (non-hydrogen) atoms. The summed E-state index contributed by atoms with van der Waals surface area (Å²) in [5, 5.41) is 8.39. The molecule has 0 bridgehead atoms. The fourth-order valence-electron chi connectivity index (χ4n) is 2.43. The zero-order chi connectivity index (χ0) is 19.3. The van der Waals surface area contributed by atoms with Gasteiger partial charge < -0.3 is 9.15 Å². The first-order chi connectivity index (χ1) is 13.7. The third-order valence-corrected chi connectivity index (χ3v) is 5.03. The number of aryl methyl sites for hydroxylation is 1. The van der Waals surface area contributed by atoms with E-state index >= 15 is 0 Å². The zero-order valence-corrected chi connectivity index (χ0v) is 16.6. The predicted molar refractivity (Wildman–Crippen MR) is 108 cm³/mol. The summed E-state index contributed by atoms with van der Waals surface area (Å²) in [6.07, 6.45) is 1.67. The van der Waals surface area contributed by atoms with Gasteiger partial charge in [0.1, 0.15) is 18.6 Å². The molecule has 0 aliphatic rings. The number of hydrogen-bond acceptors (Lipinski definition) is 6. The van der Waals surface area contributed by atoms with E-state index in [1.807, 2.05) is 43.3 Å². The van der Waals surface area contributed by atoms with Crippen molar-refractivity contribution in [3.8, 4) is 17.2 Å². The fraction of sp³-hybridized carbons (Fsp3) is 0.150. The molecule has 142 valence electrons. The molecular formula is C20H17ClN4O2S. The second-order valence-corrected chi connectivity index (χ2v) is 7.48. The predicted octanol–water partition coefficient (Wildman–Crippen LogP) is 5.29. The van der Waals surface area contributed by atoms with Gasteiger partial charge in [-0.2, -0.15) is 0 Å². The Hall–Kier alpha value is -2.77. The maximum Gasteiger partial charge on any atom is 0.226 e. The highest BCUT2D eigenvalue weighted by molar-refractivity contribution is 7.98. The maximum absolute atomic E-state index is 5.86. The van der Waals surface area contributed by atoms with Crippen molar-refractivity contribution in [3.63, 3.8) is 0 Å². The minimum Gasteiger partial charge on any atom is -0.486 e. The molecule has 0 atom stereocenters. The van der Waals surface area contributed by atoms with Crippen LogP contribution in [0.2, 0.25) is 5.02 Å². The summed E-state index contributed by atoms with van der Waals surface area (Å²) >= 11 is 7.34. The molecule has 0 radical (unpaired) electrons. The molecule has 0 aliphatic heterocycles. The van der Waals surface area contributed by atoms with E-state index in [4.69, 9.17) is 20.8 Å². The molecule has 2 aromatic heterocycles. The number of nitrogens with one attached hydrogen (secondary N) is 1. The Labute approximate surface area is 171 Å². The van der Waals surface area contributed by atoms with Gasteiger partial charge in [-0.15, -0.1) is 5.10 Å². The normalized spacial score (nSPS) is 10.9. The lowest BCUT2D eigenvalue weighted by atomic mass is 10.1. The molecule has 0 spiro atoms. The topological polar surface area (TPSA) is 76.8 Å². The van der Waals surface area contributed by atoms with Crippen molar-refractivity contribution in [3.05, 3.63) is 76.9 Å². The van der Waals surface area contributed by atoms with Crippen molar-refractivity contribution in [1.82, 2.24) is 20.2 Å². The number of nitrogens with zero attached hydrogens (tertiary/aromatic N) is 3. The highest BCUT2D eigenvalue weighted by Crippen LogP contribution is 2.23. The fourth-order valence-corrected chi connectivity index (χ4v) is 3.25. The summed E-state index contributed by atoms with van der Waals surface area (Å²) in [6.45, 7) is 2.35. The van der Waals surface area contributed by atoms with Crippen LogP contribution in [0.1, 0.15) is 17.1 Å². The Morgan fingerprint density at radius 2 is 1.86 bits per heavy atom. The number of halogens is 1. The Morgan fingerprint density at radius 1 is 1.07 bits per heavy atom. The van der Waals surface area contributed by atoms with Crippen LogP contribution in [-0.2, 0) is 12.4 Å². The average Bonchev–Trinajstić information content (AvgIpc) is 3.36. The molecule has 2 aromatic carbocycles. The third-order valence-electron chi connectivity index (χ3n) is 3.90. The summed E-state index contributed by atoms with van der Waals surface area (Å²) in [5.41, 5.74) is 3.00. The third kappa shape index (κ3) is 4.74. The minimum absolute atomic E-state index is 0.302. The zero-order valence-electron chi connectivity index (χ0n) is 15.1. The van der Waals surface area contributed by atoms with Crippen LogP contribution < -0.4 is 4.74 Å². The molecule has 6 nitrogen and oxygen atoms in total. The smallest absolute Gasteiger partial charge is 0.226 e. The van der Waals surface area contributed by atoms with Crippen LogP contribution in [0.4, 0.5) is 0 Å². The van der Waals surface area contributed by atoms with Gasteiger partial charge >= 0.3 is 0 Å². The summed E-state index contributed by atoms with van der Waals surface area (Å²) in [7, 11) is 0. The Kier molecular flexibility index (Phi) is 5.64. The molecule has 0 unspecified atom stereocenters. The average molecular weight is 413 g/mol. The molecule has 1 N–H and O–H groups in total. The number of thioether (sulfide) groups is 1.